The highest BCUT2D eigenvalue weighted by Crippen LogP contribution is 2.14. The number of carbonyl (C=O) groups is 2. The molecule has 8 heteroatoms. The molecule has 1 aromatic rings. The summed E-state index contributed by atoms with van der Waals surface area (Å²) >= 11 is 0. The van der Waals surface area contributed by atoms with Crippen molar-refractivity contribution in [2.45, 2.75) is 26.3 Å². The molecule has 112 valence electrons. The van der Waals surface area contributed by atoms with Gasteiger partial charge in [-0.3, -0.25) is 4.79 Å². The topological polar surface area (TPSA) is 95.3 Å². The molecule has 0 aliphatic rings. The Morgan fingerprint density at radius 1 is 1.40 bits per heavy atom. The lowest BCUT2D eigenvalue weighted by Gasteiger charge is -2.14. The fourth-order valence-electron chi connectivity index (χ4n) is 1.74. The second-order valence-electron chi connectivity index (χ2n) is 4.13. The van der Waals surface area contributed by atoms with Crippen LogP contribution in [0.3, 0.4) is 0 Å². The lowest BCUT2D eigenvalue weighted by atomic mass is 10.2. The quantitative estimate of drug-likeness (QED) is 0.705. The Kier molecular flexibility index (Phi) is 6.10. The molecule has 1 heterocycles. The van der Waals surface area contributed by atoms with Gasteiger partial charge < -0.3 is 14.8 Å². The van der Waals surface area contributed by atoms with Gasteiger partial charge in [-0.2, -0.15) is 0 Å². The molecule has 0 aliphatic carbocycles. The maximum Gasteiger partial charge on any atom is 0.360 e. The van der Waals surface area contributed by atoms with E-state index in [-0.39, 0.29) is 11.6 Å². The van der Waals surface area contributed by atoms with E-state index in [4.69, 9.17) is 4.74 Å². The van der Waals surface area contributed by atoms with E-state index in [1.165, 1.54) is 11.8 Å². The molecule has 8 nitrogen and oxygen atoms in total. The Morgan fingerprint density at radius 2 is 2.10 bits per heavy atom. The molecule has 1 rings (SSSR count). The highest BCUT2D eigenvalue weighted by Gasteiger charge is 2.25. The molecule has 0 saturated carbocycles. The monoisotopic (exact) mass is 284 g/mol. The molecule has 1 aromatic heterocycles. The number of ether oxygens (including phenoxy) is 2. The van der Waals surface area contributed by atoms with Gasteiger partial charge >= 0.3 is 5.97 Å². The van der Waals surface area contributed by atoms with E-state index in [1.807, 2.05) is 6.92 Å². The number of carbonyl (C=O) groups excluding carboxylic acids is 2. The Morgan fingerprint density at radius 3 is 2.65 bits per heavy atom. The molecule has 1 unspecified atom stereocenters. The predicted octanol–water partition coefficient (Wildman–Crippen LogP) is -0.0493. The molecule has 0 aromatic carbocycles. The van der Waals surface area contributed by atoms with Crippen LogP contribution in [-0.4, -0.2) is 54.2 Å². The average Bonchev–Trinajstić information content (AvgIpc) is 2.87. The summed E-state index contributed by atoms with van der Waals surface area (Å²) in [5, 5.41) is 10.4. The maximum absolute atomic E-state index is 11.9. The molecule has 0 saturated heterocycles. The Bertz CT molecular complexity index is 472. The Labute approximate surface area is 117 Å². The van der Waals surface area contributed by atoms with Crippen LogP contribution in [0.2, 0.25) is 0 Å². The summed E-state index contributed by atoms with van der Waals surface area (Å²) in [5.74, 6) is -0.766. The summed E-state index contributed by atoms with van der Waals surface area (Å²) in [7, 11) is 2.83. The Balaban J connectivity index is 3.08. The van der Waals surface area contributed by atoms with E-state index in [2.05, 4.69) is 20.4 Å². The third-order valence-electron chi connectivity index (χ3n) is 2.81. The van der Waals surface area contributed by atoms with Gasteiger partial charge in [0.2, 0.25) is 5.91 Å². The van der Waals surface area contributed by atoms with Crippen molar-refractivity contribution in [1.82, 2.24) is 20.3 Å². The molecular weight excluding hydrogens is 264 g/mol. The summed E-state index contributed by atoms with van der Waals surface area (Å²) in [5.41, 5.74) is 0.637. The SMILES string of the molecule is CCNC(=O)C(C)n1nnc(C(=O)OC)c1CCOC. The molecule has 20 heavy (non-hydrogen) atoms. The van der Waals surface area contributed by atoms with Gasteiger partial charge in [-0.1, -0.05) is 5.21 Å². The van der Waals surface area contributed by atoms with Crippen LogP contribution in [0.25, 0.3) is 0 Å². The van der Waals surface area contributed by atoms with Crippen molar-refractivity contribution >= 4 is 11.9 Å². The third-order valence-corrected chi connectivity index (χ3v) is 2.81. The Hall–Kier alpha value is -1.96. The number of aromatic nitrogens is 3. The summed E-state index contributed by atoms with van der Waals surface area (Å²) in [4.78, 5) is 23.5. The van der Waals surface area contributed by atoms with E-state index >= 15 is 0 Å². The van der Waals surface area contributed by atoms with Crippen LogP contribution in [0.15, 0.2) is 0 Å². The lowest BCUT2D eigenvalue weighted by molar-refractivity contribution is -0.124. The number of likely N-dealkylation sites (N-methyl/N-ethyl adjacent to an activating group) is 1. The number of rotatable bonds is 7. The minimum Gasteiger partial charge on any atom is -0.464 e. The minimum absolute atomic E-state index is 0.112. The van der Waals surface area contributed by atoms with E-state index < -0.39 is 12.0 Å². The van der Waals surface area contributed by atoms with Gasteiger partial charge in [-0.05, 0) is 13.8 Å². The van der Waals surface area contributed by atoms with Crippen LogP contribution < -0.4 is 5.32 Å². The number of hydrogen-bond acceptors (Lipinski definition) is 6. The summed E-state index contributed by atoms with van der Waals surface area (Å²) < 4.78 is 11.1. The molecule has 0 spiro atoms. The van der Waals surface area contributed by atoms with E-state index in [0.29, 0.717) is 25.3 Å². The predicted molar refractivity (Wildman–Crippen MR) is 70.3 cm³/mol. The van der Waals surface area contributed by atoms with Crippen LogP contribution in [-0.2, 0) is 20.7 Å². The van der Waals surface area contributed by atoms with Crippen LogP contribution in [0.1, 0.15) is 36.1 Å². The van der Waals surface area contributed by atoms with Crippen molar-refractivity contribution in [1.29, 1.82) is 0 Å². The largest absolute Gasteiger partial charge is 0.464 e. The third kappa shape index (κ3) is 3.53. The zero-order valence-corrected chi connectivity index (χ0v) is 12.2. The highest BCUT2D eigenvalue weighted by molar-refractivity contribution is 5.88. The van der Waals surface area contributed by atoms with Crippen molar-refractivity contribution in [2.75, 3.05) is 27.4 Å². The van der Waals surface area contributed by atoms with Gasteiger partial charge in [0.1, 0.15) is 6.04 Å². The van der Waals surface area contributed by atoms with Crippen molar-refractivity contribution in [3.05, 3.63) is 11.4 Å². The first-order valence-corrected chi connectivity index (χ1v) is 6.35. The molecule has 0 bridgehead atoms. The smallest absolute Gasteiger partial charge is 0.360 e. The van der Waals surface area contributed by atoms with Crippen molar-refractivity contribution in [2.24, 2.45) is 0 Å². The minimum atomic E-state index is -0.578. The molecule has 1 N–H and O–H groups in total. The van der Waals surface area contributed by atoms with Gasteiger partial charge in [-0.25, -0.2) is 9.48 Å². The zero-order chi connectivity index (χ0) is 15.1. The number of methoxy groups -OCH3 is 2. The van der Waals surface area contributed by atoms with Crippen molar-refractivity contribution < 1.29 is 19.1 Å². The number of hydrogen-bond donors (Lipinski definition) is 1. The van der Waals surface area contributed by atoms with E-state index in [0.717, 1.165) is 0 Å². The first-order chi connectivity index (χ1) is 9.56. The van der Waals surface area contributed by atoms with Gasteiger partial charge in [-0.15, -0.1) is 5.10 Å². The first kappa shape index (κ1) is 16.1. The molecule has 0 fully saturated rings. The standard InChI is InChI=1S/C12H20N4O4/c1-5-13-11(17)8(2)16-9(6-7-19-3)10(14-15-16)12(18)20-4/h8H,5-7H2,1-4H3,(H,13,17). The second-order valence-corrected chi connectivity index (χ2v) is 4.13. The maximum atomic E-state index is 11.9. The van der Waals surface area contributed by atoms with E-state index in [1.54, 1.807) is 14.0 Å². The fourth-order valence-corrected chi connectivity index (χ4v) is 1.74. The molecule has 0 radical (unpaired) electrons. The number of esters is 1. The van der Waals surface area contributed by atoms with Crippen LogP contribution >= 0.6 is 0 Å². The highest BCUT2D eigenvalue weighted by atomic mass is 16.5. The number of nitrogens with zero attached hydrogens (tertiary/aromatic N) is 3. The molecular formula is C12H20N4O4. The molecule has 1 atom stereocenters. The van der Waals surface area contributed by atoms with Gasteiger partial charge in [0.25, 0.3) is 0 Å². The average molecular weight is 284 g/mol. The normalized spacial score (nSPS) is 12.0. The summed E-state index contributed by atoms with van der Waals surface area (Å²) in [6.45, 7) is 4.43. The lowest BCUT2D eigenvalue weighted by Crippen LogP contribution is -2.32. The van der Waals surface area contributed by atoms with Crippen LogP contribution in [0.4, 0.5) is 0 Å². The first-order valence-electron chi connectivity index (χ1n) is 6.35. The van der Waals surface area contributed by atoms with Gasteiger partial charge in [0, 0.05) is 20.1 Å². The fraction of sp³-hybridized carbons (Fsp3) is 0.667. The van der Waals surface area contributed by atoms with Crippen LogP contribution in [0.5, 0.6) is 0 Å². The molecule has 0 aliphatic heterocycles. The van der Waals surface area contributed by atoms with Gasteiger partial charge in [0.15, 0.2) is 5.69 Å². The molecule has 1 amide bonds. The number of nitrogens with one attached hydrogen (secondary N) is 1. The van der Waals surface area contributed by atoms with Crippen molar-refractivity contribution in [3.63, 3.8) is 0 Å². The zero-order valence-electron chi connectivity index (χ0n) is 12.2. The number of amides is 1. The summed E-state index contributed by atoms with van der Waals surface area (Å²) in [6.07, 6.45) is 0.414. The second kappa shape index (κ2) is 7.59. The summed E-state index contributed by atoms with van der Waals surface area (Å²) in [6, 6.07) is -0.562. The van der Waals surface area contributed by atoms with E-state index in [9.17, 15) is 9.59 Å². The van der Waals surface area contributed by atoms with Crippen LogP contribution in [0, 0.1) is 0 Å². The van der Waals surface area contributed by atoms with Crippen molar-refractivity contribution in [3.8, 4) is 0 Å². The van der Waals surface area contributed by atoms with Gasteiger partial charge in [0.05, 0.1) is 19.4 Å².